The van der Waals surface area contributed by atoms with Gasteiger partial charge in [-0.2, -0.15) is 0 Å². The van der Waals surface area contributed by atoms with Crippen LogP contribution in [0.1, 0.15) is 25.7 Å². The summed E-state index contributed by atoms with van der Waals surface area (Å²) in [6, 6.07) is 5.21. The molecule has 0 aliphatic carbocycles. The predicted molar refractivity (Wildman–Crippen MR) is 73.2 cm³/mol. The standard InChI is InChI=1S/C14H16N2O4/c1-3-19-14(18)7-6-13(17)16-10-4-5-12-11(8-10)15-9(2)20-12/h4-5,8H,3,6-7H2,1-2H3,(H,16,17). The van der Waals surface area contributed by atoms with Gasteiger partial charge in [-0.1, -0.05) is 0 Å². The van der Waals surface area contributed by atoms with Gasteiger partial charge in [-0.3, -0.25) is 9.59 Å². The molecule has 1 amide bonds. The number of fused-ring (bicyclic) bond motifs is 1. The van der Waals surface area contributed by atoms with Crippen LogP contribution < -0.4 is 5.32 Å². The Morgan fingerprint density at radius 1 is 1.35 bits per heavy atom. The van der Waals surface area contributed by atoms with Gasteiger partial charge in [0.2, 0.25) is 5.91 Å². The van der Waals surface area contributed by atoms with Gasteiger partial charge in [0, 0.05) is 19.0 Å². The Bertz CT molecular complexity index is 633. The van der Waals surface area contributed by atoms with Crippen molar-refractivity contribution in [3.05, 3.63) is 24.1 Å². The minimum atomic E-state index is -0.370. The summed E-state index contributed by atoms with van der Waals surface area (Å²) in [5.41, 5.74) is 1.98. The average Bonchev–Trinajstić information content (AvgIpc) is 2.76. The highest BCUT2D eigenvalue weighted by molar-refractivity contribution is 5.94. The first-order chi connectivity index (χ1) is 9.58. The number of nitrogens with zero attached hydrogens (tertiary/aromatic N) is 1. The van der Waals surface area contributed by atoms with Crippen molar-refractivity contribution in [1.82, 2.24) is 4.98 Å². The van der Waals surface area contributed by atoms with E-state index in [-0.39, 0.29) is 24.7 Å². The Hall–Kier alpha value is -2.37. The van der Waals surface area contributed by atoms with Crippen molar-refractivity contribution in [2.24, 2.45) is 0 Å². The number of aryl methyl sites for hydroxylation is 1. The normalized spacial score (nSPS) is 10.5. The van der Waals surface area contributed by atoms with Gasteiger partial charge in [0.25, 0.3) is 0 Å². The maximum atomic E-state index is 11.7. The Morgan fingerprint density at radius 3 is 2.90 bits per heavy atom. The number of aromatic nitrogens is 1. The minimum Gasteiger partial charge on any atom is -0.466 e. The van der Waals surface area contributed by atoms with Gasteiger partial charge >= 0.3 is 5.97 Å². The van der Waals surface area contributed by atoms with Crippen molar-refractivity contribution in [3.63, 3.8) is 0 Å². The fourth-order valence-electron chi connectivity index (χ4n) is 1.79. The zero-order valence-corrected chi connectivity index (χ0v) is 11.4. The van der Waals surface area contributed by atoms with E-state index in [4.69, 9.17) is 9.15 Å². The number of oxazole rings is 1. The Balaban J connectivity index is 1.93. The molecule has 1 aromatic carbocycles. The first kappa shape index (κ1) is 14.0. The van der Waals surface area contributed by atoms with Crippen LogP contribution in [0.3, 0.4) is 0 Å². The van der Waals surface area contributed by atoms with Crippen molar-refractivity contribution in [2.45, 2.75) is 26.7 Å². The Labute approximate surface area is 116 Å². The van der Waals surface area contributed by atoms with E-state index in [1.54, 1.807) is 32.0 Å². The summed E-state index contributed by atoms with van der Waals surface area (Å²) in [5, 5.41) is 2.71. The average molecular weight is 276 g/mol. The van der Waals surface area contributed by atoms with Crippen molar-refractivity contribution in [3.8, 4) is 0 Å². The number of esters is 1. The van der Waals surface area contributed by atoms with Crippen molar-refractivity contribution in [2.75, 3.05) is 11.9 Å². The van der Waals surface area contributed by atoms with E-state index < -0.39 is 0 Å². The topological polar surface area (TPSA) is 81.4 Å². The zero-order valence-electron chi connectivity index (χ0n) is 11.4. The molecule has 0 aliphatic rings. The molecule has 0 aliphatic heterocycles. The molecule has 1 heterocycles. The van der Waals surface area contributed by atoms with Gasteiger partial charge in [0.05, 0.1) is 13.0 Å². The summed E-state index contributed by atoms with van der Waals surface area (Å²) in [4.78, 5) is 27.0. The number of ether oxygens (including phenoxy) is 1. The van der Waals surface area contributed by atoms with Crippen LogP contribution in [0.25, 0.3) is 11.1 Å². The number of rotatable bonds is 5. The number of benzene rings is 1. The molecule has 2 rings (SSSR count). The second kappa shape index (κ2) is 6.18. The fourth-order valence-corrected chi connectivity index (χ4v) is 1.79. The van der Waals surface area contributed by atoms with Crippen molar-refractivity contribution < 1.29 is 18.7 Å². The van der Waals surface area contributed by atoms with Gasteiger partial charge in [0.15, 0.2) is 11.5 Å². The SMILES string of the molecule is CCOC(=O)CCC(=O)Nc1ccc2oc(C)nc2c1. The van der Waals surface area contributed by atoms with E-state index >= 15 is 0 Å². The lowest BCUT2D eigenvalue weighted by atomic mass is 10.2. The lowest BCUT2D eigenvalue weighted by molar-refractivity contribution is -0.144. The summed E-state index contributed by atoms with van der Waals surface area (Å²) in [5.74, 6) is -0.0337. The first-order valence-corrected chi connectivity index (χ1v) is 6.41. The molecule has 0 bridgehead atoms. The van der Waals surface area contributed by atoms with E-state index in [1.807, 2.05) is 0 Å². The number of amides is 1. The Kier molecular flexibility index (Phi) is 4.34. The third kappa shape index (κ3) is 3.57. The third-order valence-electron chi connectivity index (χ3n) is 2.64. The maximum Gasteiger partial charge on any atom is 0.306 e. The molecule has 0 saturated heterocycles. The predicted octanol–water partition coefficient (Wildman–Crippen LogP) is 2.42. The van der Waals surface area contributed by atoms with E-state index in [0.29, 0.717) is 29.3 Å². The molecule has 0 spiro atoms. The maximum absolute atomic E-state index is 11.7. The van der Waals surface area contributed by atoms with Gasteiger partial charge in [-0.05, 0) is 25.1 Å². The largest absolute Gasteiger partial charge is 0.466 e. The molecular weight excluding hydrogens is 260 g/mol. The molecule has 6 heteroatoms. The molecule has 0 radical (unpaired) electrons. The van der Waals surface area contributed by atoms with Crippen LogP contribution in [0.15, 0.2) is 22.6 Å². The van der Waals surface area contributed by atoms with Crippen molar-refractivity contribution >= 4 is 28.7 Å². The smallest absolute Gasteiger partial charge is 0.306 e. The molecule has 0 saturated carbocycles. The van der Waals surface area contributed by atoms with Crippen molar-refractivity contribution in [1.29, 1.82) is 0 Å². The van der Waals surface area contributed by atoms with Crippen LogP contribution in [-0.4, -0.2) is 23.5 Å². The van der Waals surface area contributed by atoms with E-state index in [0.717, 1.165) is 0 Å². The highest BCUT2D eigenvalue weighted by Crippen LogP contribution is 2.19. The summed E-state index contributed by atoms with van der Waals surface area (Å²) in [6.07, 6.45) is 0.166. The second-order valence-corrected chi connectivity index (χ2v) is 4.27. The highest BCUT2D eigenvalue weighted by atomic mass is 16.5. The van der Waals surface area contributed by atoms with Gasteiger partial charge < -0.3 is 14.5 Å². The van der Waals surface area contributed by atoms with Crippen LogP contribution in [0.2, 0.25) is 0 Å². The number of nitrogens with one attached hydrogen (secondary N) is 1. The number of hydrogen-bond donors (Lipinski definition) is 1. The summed E-state index contributed by atoms with van der Waals surface area (Å²) in [6.45, 7) is 3.81. The minimum absolute atomic E-state index is 0.0744. The molecule has 6 nitrogen and oxygen atoms in total. The fraction of sp³-hybridized carbons (Fsp3) is 0.357. The van der Waals surface area contributed by atoms with Crippen LogP contribution in [0, 0.1) is 6.92 Å². The quantitative estimate of drug-likeness (QED) is 0.848. The van der Waals surface area contributed by atoms with Crippen LogP contribution in [-0.2, 0) is 14.3 Å². The molecular formula is C14H16N2O4. The number of carbonyl (C=O) groups excluding carboxylic acids is 2. The van der Waals surface area contributed by atoms with Gasteiger partial charge in [-0.25, -0.2) is 4.98 Å². The summed E-state index contributed by atoms with van der Waals surface area (Å²) in [7, 11) is 0. The van der Waals surface area contributed by atoms with E-state index in [9.17, 15) is 9.59 Å². The number of carbonyl (C=O) groups is 2. The molecule has 1 aromatic heterocycles. The summed E-state index contributed by atoms with van der Waals surface area (Å²) < 4.78 is 10.1. The van der Waals surface area contributed by atoms with Gasteiger partial charge in [0.1, 0.15) is 5.52 Å². The molecule has 0 fully saturated rings. The molecule has 1 N–H and O–H groups in total. The first-order valence-electron chi connectivity index (χ1n) is 6.41. The second-order valence-electron chi connectivity index (χ2n) is 4.27. The zero-order chi connectivity index (χ0) is 14.5. The third-order valence-corrected chi connectivity index (χ3v) is 2.64. The molecule has 0 atom stereocenters. The lowest BCUT2D eigenvalue weighted by Crippen LogP contribution is -2.14. The Morgan fingerprint density at radius 2 is 2.15 bits per heavy atom. The van der Waals surface area contributed by atoms with Crippen LogP contribution >= 0.6 is 0 Å². The highest BCUT2D eigenvalue weighted by Gasteiger charge is 2.09. The molecule has 0 unspecified atom stereocenters. The lowest BCUT2D eigenvalue weighted by Gasteiger charge is -2.04. The molecule has 20 heavy (non-hydrogen) atoms. The van der Waals surface area contributed by atoms with Crippen LogP contribution in [0.4, 0.5) is 5.69 Å². The van der Waals surface area contributed by atoms with Gasteiger partial charge in [-0.15, -0.1) is 0 Å². The number of anilines is 1. The van der Waals surface area contributed by atoms with E-state index in [1.165, 1.54) is 0 Å². The van der Waals surface area contributed by atoms with E-state index in [2.05, 4.69) is 10.3 Å². The summed E-state index contributed by atoms with van der Waals surface area (Å²) >= 11 is 0. The molecule has 2 aromatic rings. The monoisotopic (exact) mass is 276 g/mol. The van der Waals surface area contributed by atoms with Crippen LogP contribution in [0.5, 0.6) is 0 Å². The molecule has 106 valence electrons. The number of hydrogen-bond acceptors (Lipinski definition) is 5.